The van der Waals surface area contributed by atoms with Crippen molar-refractivity contribution in [3.8, 4) is 0 Å². The molecular formula is C19H20N6O3. The maximum atomic E-state index is 12.2. The van der Waals surface area contributed by atoms with Gasteiger partial charge in [0.25, 0.3) is 11.8 Å². The highest BCUT2D eigenvalue weighted by molar-refractivity contribution is 6.04. The zero-order chi connectivity index (χ0) is 19.9. The Kier molecular flexibility index (Phi) is 5.85. The molecule has 9 heteroatoms. The highest BCUT2D eigenvalue weighted by Crippen LogP contribution is 2.14. The molecule has 144 valence electrons. The van der Waals surface area contributed by atoms with Crippen LogP contribution in [0.4, 0.5) is 4.79 Å². The highest BCUT2D eigenvalue weighted by atomic mass is 16.2. The Labute approximate surface area is 160 Å². The van der Waals surface area contributed by atoms with Crippen LogP contribution in [-0.4, -0.2) is 41.1 Å². The molecule has 6 N–H and O–H groups in total. The number of carbonyl (C=O) groups is 3. The second-order valence-corrected chi connectivity index (χ2v) is 6.04. The van der Waals surface area contributed by atoms with Crippen LogP contribution in [0, 0.1) is 0 Å². The second kappa shape index (κ2) is 8.67. The predicted octanol–water partition coefficient (Wildman–Crippen LogP) is 0.891. The molecule has 3 rings (SSSR count). The molecule has 0 radical (unpaired) electrons. The van der Waals surface area contributed by atoms with Gasteiger partial charge in [-0.25, -0.2) is 4.79 Å². The molecule has 2 aromatic carbocycles. The summed E-state index contributed by atoms with van der Waals surface area (Å²) in [6.45, 7) is 0.843. The number of amides is 4. The third-order valence-electron chi connectivity index (χ3n) is 4.06. The monoisotopic (exact) mass is 380 g/mol. The predicted molar refractivity (Wildman–Crippen MR) is 104 cm³/mol. The molecule has 0 unspecified atom stereocenters. The zero-order valence-electron chi connectivity index (χ0n) is 15.0. The van der Waals surface area contributed by atoms with Crippen LogP contribution >= 0.6 is 0 Å². The van der Waals surface area contributed by atoms with E-state index in [1.807, 2.05) is 24.3 Å². The number of carbonyl (C=O) groups excluding carboxylic acids is 3. The van der Waals surface area contributed by atoms with Gasteiger partial charge in [-0.1, -0.05) is 30.3 Å². The molecule has 3 aromatic rings. The first-order valence-corrected chi connectivity index (χ1v) is 8.66. The number of primary amides is 1. The Hall–Kier alpha value is -3.88. The molecule has 1 aromatic heterocycles. The van der Waals surface area contributed by atoms with Gasteiger partial charge in [0, 0.05) is 30.6 Å². The van der Waals surface area contributed by atoms with Crippen LogP contribution in [-0.2, 0) is 6.54 Å². The number of urea groups is 1. The molecule has 0 aliphatic rings. The number of benzene rings is 2. The number of nitrogens with one attached hydrogen (secondary N) is 4. The van der Waals surface area contributed by atoms with Crippen LogP contribution in [0.5, 0.6) is 0 Å². The molecule has 0 saturated heterocycles. The van der Waals surface area contributed by atoms with Gasteiger partial charge in [0.2, 0.25) is 0 Å². The van der Waals surface area contributed by atoms with Gasteiger partial charge in [-0.15, -0.1) is 0 Å². The Balaban J connectivity index is 1.45. The van der Waals surface area contributed by atoms with E-state index in [0.717, 1.165) is 16.5 Å². The standard InChI is InChI=1S/C19H20N6O3/c20-19(28)23-11-12-5-7-13(8-6-12)17(26)21-9-10-22-18(27)16-14-3-1-2-4-15(14)24-25-16/h1-8H,9-11H2,(H,21,26)(H,22,27)(H,24,25)(H3,20,23,28). The summed E-state index contributed by atoms with van der Waals surface area (Å²) in [7, 11) is 0. The number of aromatic amines is 1. The number of hydrogen-bond acceptors (Lipinski definition) is 4. The van der Waals surface area contributed by atoms with Crippen LogP contribution in [0.3, 0.4) is 0 Å². The largest absolute Gasteiger partial charge is 0.352 e. The summed E-state index contributed by atoms with van der Waals surface area (Å²) in [4.78, 5) is 35.1. The zero-order valence-corrected chi connectivity index (χ0v) is 15.0. The van der Waals surface area contributed by atoms with Crippen molar-refractivity contribution in [2.24, 2.45) is 5.73 Å². The summed E-state index contributed by atoms with van der Waals surface area (Å²) in [5.74, 6) is -0.563. The van der Waals surface area contributed by atoms with E-state index in [2.05, 4.69) is 26.1 Å². The van der Waals surface area contributed by atoms with Crippen LogP contribution in [0.1, 0.15) is 26.4 Å². The van der Waals surface area contributed by atoms with Crippen molar-refractivity contribution in [1.29, 1.82) is 0 Å². The van der Waals surface area contributed by atoms with Gasteiger partial charge in [-0.2, -0.15) is 5.10 Å². The van der Waals surface area contributed by atoms with E-state index >= 15 is 0 Å². The number of rotatable bonds is 7. The lowest BCUT2D eigenvalue weighted by Crippen LogP contribution is -2.34. The summed E-state index contributed by atoms with van der Waals surface area (Å²) in [6, 6.07) is 13.5. The molecule has 0 atom stereocenters. The number of aromatic nitrogens is 2. The first-order chi connectivity index (χ1) is 13.5. The maximum absolute atomic E-state index is 12.2. The fourth-order valence-electron chi connectivity index (χ4n) is 2.64. The van der Waals surface area contributed by atoms with Crippen LogP contribution in [0.2, 0.25) is 0 Å². The summed E-state index contributed by atoms with van der Waals surface area (Å²) in [5.41, 5.74) is 7.43. The van der Waals surface area contributed by atoms with Gasteiger partial charge in [0.15, 0.2) is 5.69 Å². The van der Waals surface area contributed by atoms with E-state index < -0.39 is 6.03 Å². The first-order valence-electron chi connectivity index (χ1n) is 8.66. The van der Waals surface area contributed by atoms with E-state index in [4.69, 9.17) is 5.73 Å². The van der Waals surface area contributed by atoms with Crippen molar-refractivity contribution >= 4 is 28.7 Å². The number of para-hydroxylation sites is 1. The smallest absolute Gasteiger partial charge is 0.312 e. The topological polar surface area (TPSA) is 142 Å². The van der Waals surface area contributed by atoms with Crippen molar-refractivity contribution in [1.82, 2.24) is 26.1 Å². The SMILES string of the molecule is NC(=O)NCc1ccc(C(=O)NCCNC(=O)c2n[nH]c3ccccc23)cc1. The van der Waals surface area contributed by atoms with Crippen molar-refractivity contribution in [3.05, 3.63) is 65.4 Å². The fourth-order valence-corrected chi connectivity index (χ4v) is 2.64. The molecule has 0 aliphatic carbocycles. The van der Waals surface area contributed by atoms with E-state index in [9.17, 15) is 14.4 Å². The van der Waals surface area contributed by atoms with Gasteiger partial charge in [-0.3, -0.25) is 14.7 Å². The van der Waals surface area contributed by atoms with Crippen molar-refractivity contribution < 1.29 is 14.4 Å². The molecular weight excluding hydrogens is 360 g/mol. The van der Waals surface area contributed by atoms with E-state index in [0.29, 0.717) is 17.8 Å². The van der Waals surface area contributed by atoms with Gasteiger partial charge in [-0.05, 0) is 23.8 Å². The minimum absolute atomic E-state index is 0.256. The van der Waals surface area contributed by atoms with Crippen LogP contribution in [0.25, 0.3) is 10.9 Å². The van der Waals surface area contributed by atoms with Gasteiger partial charge in [0.1, 0.15) is 0 Å². The number of nitrogens with two attached hydrogens (primary N) is 1. The minimum Gasteiger partial charge on any atom is -0.352 e. The first kappa shape index (κ1) is 18.9. The average Bonchev–Trinajstić information content (AvgIpc) is 3.14. The third kappa shape index (κ3) is 4.64. The molecule has 0 fully saturated rings. The van der Waals surface area contributed by atoms with Gasteiger partial charge in [0.05, 0.1) is 5.52 Å². The van der Waals surface area contributed by atoms with E-state index in [-0.39, 0.29) is 24.9 Å². The second-order valence-electron chi connectivity index (χ2n) is 6.04. The van der Waals surface area contributed by atoms with Crippen molar-refractivity contribution in [3.63, 3.8) is 0 Å². The quantitative estimate of drug-likeness (QED) is 0.388. The molecule has 0 spiro atoms. The molecule has 28 heavy (non-hydrogen) atoms. The molecule has 0 saturated carbocycles. The third-order valence-corrected chi connectivity index (χ3v) is 4.06. The Morgan fingerprint density at radius 2 is 1.57 bits per heavy atom. The summed E-state index contributed by atoms with van der Waals surface area (Å²) < 4.78 is 0. The summed E-state index contributed by atoms with van der Waals surface area (Å²) in [6.07, 6.45) is 0. The molecule has 1 heterocycles. The van der Waals surface area contributed by atoms with Crippen molar-refractivity contribution in [2.75, 3.05) is 13.1 Å². The average molecular weight is 380 g/mol. The normalized spacial score (nSPS) is 10.4. The molecule has 4 amide bonds. The molecule has 0 bridgehead atoms. The van der Waals surface area contributed by atoms with Crippen molar-refractivity contribution in [2.45, 2.75) is 6.54 Å². The number of hydrogen-bond donors (Lipinski definition) is 5. The summed E-state index contributed by atoms with van der Waals surface area (Å²) >= 11 is 0. The molecule has 9 nitrogen and oxygen atoms in total. The highest BCUT2D eigenvalue weighted by Gasteiger charge is 2.13. The van der Waals surface area contributed by atoms with Crippen LogP contribution in [0.15, 0.2) is 48.5 Å². The van der Waals surface area contributed by atoms with E-state index in [1.165, 1.54) is 0 Å². The lowest BCUT2D eigenvalue weighted by molar-refractivity contribution is 0.0926. The number of H-pyrrole nitrogens is 1. The minimum atomic E-state index is -0.605. The number of fused-ring (bicyclic) bond motifs is 1. The summed E-state index contributed by atoms with van der Waals surface area (Å²) in [5, 5.41) is 15.5. The number of nitrogens with zero attached hydrogens (tertiary/aromatic N) is 1. The van der Waals surface area contributed by atoms with E-state index in [1.54, 1.807) is 24.3 Å². The van der Waals surface area contributed by atoms with Crippen LogP contribution < -0.4 is 21.7 Å². The fraction of sp³-hybridized carbons (Fsp3) is 0.158. The van der Waals surface area contributed by atoms with Gasteiger partial charge < -0.3 is 21.7 Å². The maximum Gasteiger partial charge on any atom is 0.312 e. The Morgan fingerprint density at radius 3 is 2.29 bits per heavy atom. The van der Waals surface area contributed by atoms with Gasteiger partial charge >= 0.3 is 6.03 Å². The molecule has 0 aliphatic heterocycles. The lowest BCUT2D eigenvalue weighted by Gasteiger charge is -2.07. The Morgan fingerprint density at radius 1 is 0.893 bits per heavy atom. The Bertz CT molecular complexity index is 996. The lowest BCUT2D eigenvalue weighted by atomic mass is 10.1.